The van der Waals surface area contributed by atoms with Gasteiger partial charge in [0.15, 0.2) is 0 Å². The van der Waals surface area contributed by atoms with Crippen LogP contribution in [0.2, 0.25) is 5.02 Å². The molecule has 2 rings (SSSR count). The summed E-state index contributed by atoms with van der Waals surface area (Å²) in [5.74, 6) is -1.07. The van der Waals surface area contributed by atoms with Gasteiger partial charge in [0, 0.05) is 17.6 Å². The smallest absolute Gasteiger partial charge is 0.354 e. The fourth-order valence-electron chi connectivity index (χ4n) is 3.32. The second-order valence-corrected chi connectivity index (χ2v) is 12.1. The highest BCUT2D eigenvalue weighted by atomic mass is 79.9. The zero-order valence-corrected chi connectivity index (χ0v) is 23.8. The molecule has 0 aliphatic heterocycles. The van der Waals surface area contributed by atoms with Gasteiger partial charge in [-0.2, -0.15) is 13.2 Å². The third-order valence-corrected chi connectivity index (χ3v) is 7.34. The zero-order valence-electron chi connectivity index (χ0n) is 20.6. The highest BCUT2D eigenvalue weighted by Crippen LogP contribution is 2.37. The first-order valence-corrected chi connectivity index (χ1v) is 14.2. The predicted molar refractivity (Wildman–Crippen MR) is 141 cm³/mol. The van der Waals surface area contributed by atoms with Crippen LogP contribution in [0.5, 0.6) is 0 Å². The molecule has 0 radical (unpaired) electrons. The van der Waals surface area contributed by atoms with Crippen molar-refractivity contribution in [3.8, 4) is 0 Å². The van der Waals surface area contributed by atoms with Crippen LogP contribution in [0.3, 0.4) is 0 Å². The molecule has 1 atom stereocenters. The molecule has 0 spiro atoms. The van der Waals surface area contributed by atoms with E-state index < -0.39 is 51.2 Å². The molecule has 0 fully saturated rings. The quantitative estimate of drug-likeness (QED) is 0.399. The number of alkyl halides is 3. The van der Waals surface area contributed by atoms with Crippen molar-refractivity contribution in [3.05, 3.63) is 63.1 Å². The molecule has 2 amide bonds. The maximum Gasteiger partial charge on any atom is 0.417 e. The number of amides is 2. The number of hydrogen-bond donors (Lipinski definition) is 1. The van der Waals surface area contributed by atoms with Crippen LogP contribution in [0.15, 0.2) is 46.9 Å². The average Bonchev–Trinajstić information content (AvgIpc) is 2.79. The fourth-order valence-corrected chi connectivity index (χ4v) is 4.65. The van der Waals surface area contributed by atoms with Crippen molar-refractivity contribution in [3.63, 3.8) is 0 Å². The van der Waals surface area contributed by atoms with Crippen LogP contribution in [-0.2, 0) is 32.3 Å². The SMILES string of the molecule is CC(C)CNC(=O)[C@H](C)N(Cc1ccc(Br)cc1)C(=O)CN(c1ccc(Cl)c(C(F)(F)F)c1)S(C)(=O)=O. The molecule has 0 aromatic heterocycles. The third kappa shape index (κ3) is 8.89. The lowest BCUT2D eigenvalue weighted by Crippen LogP contribution is -2.51. The van der Waals surface area contributed by atoms with Crippen molar-refractivity contribution in [2.24, 2.45) is 5.92 Å². The van der Waals surface area contributed by atoms with Gasteiger partial charge in [-0.1, -0.05) is 53.5 Å². The van der Waals surface area contributed by atoms with Gasteiger partial charge in [-0.3, -0.25) is 13.9 Å². The van der Waals surface area contributed by atoms with Crippen molar-refractivity contribution in [1.82, 2.24) is 10.2 Å². The number of halogens is 5. The summed E-state index contributed by atoms with van der Waals surface area (Å²) in [6, 6.07) is 8.54. The standard InChI is InChI=1S/C24H28BrClF3N3O4S/c1-15(2)12-30-23(34)16(3)31(13-17-5-7-18(25)8-6-17)22(33)14-32(37(4,35)36)19-9-10-21(26)20(11-19)24(27,28)29/h5-11,15-16H,12-14H2,1-4H3,(H,30,34)/t16-/m0/s1. The Kier molecular flexibility index (Phi) is 10.4. The number of anilines is 1. The first kappa shape index (κ1) is 30.9. The molecule has 37 heavy (non-hydrogen) atoms. The van der Waals surface area contributed by atoms with Gasteiger partial charge in [-0.25, -0.2) is 8.42 Å². The Morgan fingerprint density at radius 3 is 2.19 bits per heavy atom. The third-order valence-electron chi connectivity index (χ3n) is 5.34. The van der Waals surface area contributed by atoms with E-state index in [0.29, 0.717) is 22.5 Å². The average molecular weight is 627 g/mol. The van der Waals surface area contributed by atoms with Crippen LogP contribution in [-0.4, -0.2) is 50.5 Å². The molecule has 0 bridgehead atoms. The number of nitrogens with one attached hydrogen (secondary N) is 1. The summed E-state index contributed by atoms with van der Waals surface area (Å²) in [7, 11) is -4.20. The summed E-state index contributed by atoms with van der Waals surface area (Å²) in [6.45, 7) is 4.82. The number of rotatable bonds is 10. The van der Waals surface area contributed by atoms with Gasteiger partial charge < -0.3 is 10.2 Å². The van der Waals surface area contributed by atoms with Gasteiger partial charge in [0.05, 0.1) is 22.5 Å². The molecular formula is C24H28BrClF3N3O4S. The first-order valence-electron chi connectivity index (χ1n) is 11.2. The second-order valence-electron chi connectivity index (χ2n) is 8.89. The van der Waals surface area contributed by atoms with Crippen LogP contribution in [0.1, 0.15) is 31.9 Å². The number of hydrogen-bond acceptors (Lipinski definition) is 4. The van der Waals surface area contributed by atoms with E-state index in [1.165, 1.54) is 11.8 Å². The van der Waals surface area contributed by atoms with E-state index in [0.717, 1.165) is 22.9 Å². The minimum Gasteiger partial charge on any atom is -0.354 e. The lowest BCUT2D eigenvalue weighted by Gasteiger charge is -2.31. The molecule has 0 saturated carbocycles. The van der Waals surface area contributed by atoms with Crippen molar-refractivity contribution in [2.45, 2.75) is 39.5 Å². The highest BCUT2D eigenvalue weighted by molar-refractivity contribution is 9.10. The monoisotopic (exact) mass is 625 g/mol. The largest absolute Gasteiger partial charge is 0.417 e. The molecule has 0 saturated heterocycles. The van der Waals surface area contributed by atoms with Crippen molar-refractivity contribution >= 4 is 55.1 Å². The van der Waals surface area contributed by atoms with Crippen LogP contribution < -0.4 is 9.62 Å². The Labute approximate surface area is 228 Å². The molecule has 7 nitrogen and oxygen atoms in total. The molecule has 2 aromatic carbocycles. The van der Waals surface area contributed by atoms with E-state index in [-0.39, 0.29) is 18.2 Å². The molecule has 2 aromatic rings. The topological polar surface area (TPSA) is 86.8 Å². The minimum absolute atomic E-state index is 0.0333. The Hall–Kier alpha value is -2.31. The Morgan fingerprint density at radius 2 is 1.68 bits per heavy atom. The highest BCUT2D eigenvalue weighted by Gasteiger charge is 2.35. The fraction of sp³-hybridized carbons (Fsp3) is 0.417. The molecule has 0 unspecified atom stereocenters. The van der Waals surface area contributed by atoms with Crippen LogP contribution in [0, 0.1) is 5.92 Å². The van der Waals surface area contributed by atoms with Gasteiger partial charge in [0.2, 0.25) is 21.8 Å². The Balaban J connectivity index is 2.45. The summed E-state index contributed by atoms with van der Waals surface area (Å²) >= 11 is 9.00. The minimum atomic E-state index is -4.84. The van der Waals surface area contributed by atoms with Crippen molar-refractivity contribution in [2.75, 3.05) is 23.7 Å². The van der Waals surface area contributed by atoms with Crippen molar-refractivity contribution in [1.29, 1.82) is 0 Å². The molecule has 0 aliphatic carbocycles. The number of sulfonamides is 1. The van der Waals surface area contributed by atoms with Crippen LogP contribution >= 0.6 is 27.5 Å². The number of benzene rings is 2. The van der Waals surface area contributed by atoms with Gasteiger partial charge in [-0.05, 0) is 48.7 Å². The summed E-state index contributed by atoms with van der Waals surface area (Å²) in [6.07, 6.45) is -4.06. The molecule has 1 N–H and O–H groups in total. The van der Waals surface area contributed by atoms with Crippen LogP contribution in [0.25, 0.3) is 0 Å². The van der Waals surface area contributed by atoms with E-state index in [2.05, 4.69) is 21.2 Å². The summed E-state index contributed by atoms with van der Waals surface area (Å²) in [5, 5.41) is 2.14. The van der Waals surface area contributed by atoms with E-state index in [4.69, 9.17) is 11.6 Å². The Bertz CT molecular complexity index is 1220. The molecular weight excluding hydrogens is 599 g/mol. The normalized spacial score (nSPS) is 12.8. The van der Waals surface area contributed by atoms with Crippen LogP contribution in [0.4, 0.5) is 18.9 Å². The number of nitrogens with zero attached hydrogens (tertiary/aromatic N) is 2. The summed E-state index contributed by atoms with van der Waals surface area (Å²) in [4.78, 5) is 27.5. The zero-order chi connectivity index (χ0) is 28.1. The molecule has 204 valence electrons. The van der Waals surface area contributed by atoms with E-state index >= 15 is 0 Å². The Morgan fingerprint density at radius 1 is 1.08 bits per heavy atom. The summed E-state index contributed by atoms with van der Waals surface area (Å²) < 4.78 is 66.7. The molecule has 0 heterocycles. The lowest BCUT2D eigenvalue weighted by molar-refractivity contribution is -0.139. The molecule has 13 heteroatoms. The lowest BCUT2D eigenvalue weighted by atomic mass is 10.1. The van der Waals surface area contributed by atoms with Gasteiger partial charge >= 0.3 is 6.18 Å². The van der Waals surface area contributed by atoms with E-state index in [1.54, 1.807) is 24.3 Å². The second kappa shape index (κ2) is 12.5. The van der Waals surface area contributed by atoms with Gasteiger partial charge in [0.25, 0.3) is 0 Å². The maximum absolute atomic E-state index is 13.5. The van der Waals surface area contributed by atoms with E-state index in [9.17, 15) is 31.2 Å². The molecule has 0 aliphatic rings. The maximum atomic E-state index is 13.5. The number of carbonyl (C=O) groups excluding carboxylic acids is 2. The number of carbonyl (C=O) groups is 2. The van der Waals surface area contributed by atoms with E-state index in [1.807, 2.05) is 13.8 Å². The summed E-state index contributed by atoms with van der Waals surface area (Å²) in [5.41, 5.74) is -0.953. The van der Waals surface area contributed by atoms with Crippen molar-refractivity contribution < 1.29 is 31.2 Å². The predicted octanol–water partition coefficient (Wildman–Crippen LogP) is 5.08. The first-order chi connectivity index (χ1) is 17.0. The van der Waals surface area contributed by atoms with Gasteiger partial charge in [0.1, 0.15) is 12.6 Å². The van der Waals surface area contributed by atoms with Gasteiger partial charge in [-0.15, -0.1) is 0 Å².